The maximum atomic E-state index is 12.7. The summed E-state index contributed by atoms with van der Waals surface area (Å²) in [4.78, 5) is 26.2. The molecule has 0 bridgehead atoms. The third kappa shape index (κ3) is 2.61. The number of carbonyl (C=O) groups excluding carboxylic acids is 1. The molecule has 1 N–H and O–H groups in total. The monoisotopic (exact) mass is 389 g/mol. The van der Waals surface area contributed by atoms with E-state index in [1.165, 1.54) is 9.58 Å². The second-order valence-corrected chi connectivity index (χ2v) is 7.41. The molecular formula is C22H19N3O4. The number of nitrogens with zero attached hydrogens (tertiary/aromatic N) is 3. The molecule has 2 aliphatic heterocycles. The van der Waals surface area contributed by atoms with Crippen LogP contribution in [0.1, 0.15) is 39.1 Å². The number of aromatic hydroxyl groups is 1. The molecule has 146 valence electrons. The number of hydrogen-bond donors (Lipinski definition) is 1. The molecule has 7 heteroatoms. The molecule has 0 saturated carbocycles. The van der Waals surface area contributed by atoms with Crippen molar-refractivity contribution >= 4 is 5.91 Å². The zero-order valence-electron chi connectivity index (χ0n) is 15.8. The number of amides is 1. The third-order valence-electron chi connectivity index (χ3n) is 5.72. The summed E-state index contributed by atoms with van der Waals surface area (Å²) in [7, 11) is 1.67. The van der Waals surface area contributed by atoms with Crippen molar-refractivity contribution in [2.45, 2.75) is 18.6 Å². The Morgan fingerprint density at radius 3 is 2.62 bits per heavy atom. The molecule has 2 atom stereocenters. The van der Waals surface area contributed by atoms with Crippen LogP contribution in [-0.2, 0) is 6.61 Å². The number of para-hydroxylation sites is 1. The van der Waals surface area contributed by atoms with Crippen molar-refractivity contribution in [3.05, 3.63) is 87.3 Å². The molecular weight excluding hydrogens is 370 g/mol. The lowest BCUT2D eigenvalue weighted by molar-refractivity contribution is 0.0686. The Kier molecular flexibility index (Phi) is 3.91. The predicted molar refractivity (Wildman–Crippen MR) is 105 cm³/mol. The Morgan fingerprint density at radius 2 is 1.79 bits per heavy atom. The summed E-state index contributed by atoms with van der Waals surface area (Å²) in [5.74, 6) is -0.378. The van der Waals surface area contributed by atoms with Crippen molar-refractivity contribution in [3.63, 3.8) is 0 Å². The molecule has 7 nitrogen and oxygen atoms in total. The first-order valence-electron chi connectivity index (χ1n) is 9.42. The normalized spacial score (nSPS) is 20.2. The number of rotatable bonds is 1. The minimum Gasteiger partial charge on any atom is -0.502 e. The largest absolute Gasteiger partial charge is 0.502 e. The van der Waals surface area contributed by atoms with E-state index in [4.69, 9.17) is 4.74 Å². The maximum absolute atomic E-state index is 12.7. The van der Waals surface area contributed by atoms with E-state index in [1.54, 1.807) is 7.05 Å². The number of carbonyl (C=O) groups is 1. The summed E-state index contributed by atoms with van der Waals surface area (Å²) in [6.07, 6.45) is 1.06. The molecule has 1 amide bonds. The van der Waals surface area contributed by atoms with Gasteiger partial charge >= 0.3 is 0 Å². The molecule has 0 fully saturated rings. The quantitative estimate of drug-likeness (QED) is 0.690. The molecule has 3 aromatic rings. The van der Waals surface area contributed by atoms with E-state index in [0.29, 0.717) is 13.2 Å². The molecule has 2 aliphatic rings. The third-order valence-corrected chi connectivity index (χ3v) is 5.72. The van der Waals surface area contributed by atoms with Gasteiger partial charge in [0.05, 0.1) is 12.2 Å². The van der Waals surface area contributed by atoms with Gasteiger partial charge in [-0.2, -0.15) is 5.10 Å². The Hall–Kier alpha value is -3.61. The number of likely N-dealkylation sites (N-methyl/N-ethyl adjacent to an activating group) is 1. The van der Waals surface area contributed by atoms with Crippen molar-refractivity contribution < 1.29 is 14.6 Å². The van der Waals surface area contributed by atoms with E-state index in [1.807, 2.05) is 42.5 Å². The van der Waals surface area contributed by atoms with Gasteiger partial charge in [-0.25, -0.2) is 0 Å². The first-order chi connectivity index (χ1) is 14.1. The van der Waals surface area contributed by atoms with Crippen LogP contribution < -0.4 is 10.2 Å². The summed E-state index contributed by atoms with van der Waals surface area (Å²) in [6, 6.07) is 15.6. The average Bonchev–Trinajstić information content (AvgIpc) is 2.90. The van der Waals surface area contributed by atoms with Crippen LogP contribution >= 0.6 is 0 Å². The molecule has 1 aromatic heterocycles. The van der Waals surface area contributed by atoms with Gasteiger partial charge in [0.1, 0.15) is 12.4 Å². The van der Waals surface area contributed by atoms with Crippen LogP contribution in [0.4, 0.5) is 0 Å². The van der Waals surface area contributed by atoms with Crippen LogP contribution in [0.3, 0.4) is 0 Å². The zero-order valence-corrected chi connectivity index (χ0v) is 15.8. The number of fused-ring (bicyclic) bond motifs is 3. The fourth-order valence-corrected chi connectivity index (χ4v) is 4.35. The van der Waals surface area contributed by atoms with E-state index < -0.39 is 17.1 Å². The fraction of sp³-hybridized carbons (Fsp3) is 0.227. The Balaban J connectivity index is 1.79. The van der Waals surface area contributed by atoms with Crippen LogP contribution in [0.2, 0.25) is 0 Å². The van der Waals surface area contributed by atoms with Gasteiger partial charge in [0.15, 0.2) is 11.4 Å². The Morgan fingerprint density at radius 1 is 1.07 bits per heavy atom. The SMILES string of the molecule is CN1CC(C2c3ccccc3COc3ccccc32)n2ncc(=O)c(O)c2C1=O. The summed E-state index contributed by atoms with van der Waals surface area (Å²) < 4.78 is 7.57. The topological polar surface area (TPSA) is 84.7 Å². The molecule has 2 aromatic carbocycles. The molecule has 0 saturated heterocycles. The number of benzene rings is 2. The van der Waals surface area contributed by atoms with Gasteiger partial charge in [-0.3, -0.25) is 14.3 Å². The van der Waals surface area contributed by atoms with Crippen LogP contribution in [0.5, 0.6) is 11.5 Å². The highest BCUT2D eigenvalue weighted by molar-refractivity contribution is 5.95. The summed E-state index contributed by atoms with van der Waals surface area (Å²) in [5.41, 5.74) is 2.38. The predicted octanol–water partition coefficient (Wildman–Crippen LogP) is 2.30. The molecule has 0 radical (unpaired) electrons. The minimum absolute atomic E-state index is 0.0728. The Bertz CT molecular complexity index is 1140. The van der Waals surface area contributed by atoms with Crippen molar-refractivity contribution in [2.75, 3.05) is 13.6 Å². The second kappa shape index (κ2) is 6.48. The molecule has 3 heterocycles. The highest BCUT2D eigenvalue weighted by Gasteiger charge is 2.40. The minimum atomic E-state index is -0.663. The summed E-state index contributed by atoms with van der Waals surface area (Å²) >= 11 is 0. The van der Waals surface area contributed by atoms with Crippen LogP contribution in [0.15, 0.2) is 59.5 Å². The van der Waals surface area contributed by atoms with Gasteiger partial charge in [-0.1, -0.05) is 42.5 Å². The smallest absolute Gasteiger partial charge is 0.275 e. The lowest BCUT2D eigenvalue weighted by Crippen LogP contribution is -2.45. The molecule has 2 unspecified atom stereocenters. The summed E-state index contributed by atoms with van der Waals surface area (Å²) in [5, 5.41) is 14.6. The van der Waals surface area contributed by atoms with Gasteiger partial charge in [0.2, 0.25) is 5.43 Å². The van der Waals surface area contributed by atoms with E-state index in [9.17, 15) is 14.7 Å². The van der Waals surface area contributed by atoms with Crippen LogP contribution in [0, 0.1) is 0 Å². The van der Waals surface area contributed by atoms with Gasteiger partial charge in [0, 0.05) is 25.1 Å². The van der Waals surface area contributed by atoms with Crippen LogP contribution in [0.25, 0.3) is 0 Å². The number of ether oxygens (including phenoxy) is 1. The standard InChI is InChI=1S/C22H19N3O4/c1-24-11-16(25-20(22(24)28)21(27)17(26)10-23-25)19-14-7-3-2-6-13(14)12-29-18-9-5-4-8-15(18)19/h2-10,16,19,27H,11-12H2,1H3. The lowest BCUT2D eigenvalue weighted by Gasteiger charge is -2.37. The van der Waals surface area contributed by atoms with Crippen molar-refractivity contribution in [3.8, 4) is 11.5 Å². The first-order valence-corrected chi connectivity index (χ1v) is 9.42. The van der Waals surface area contributed by atoms with Crippen molar-refractivity contribution in [1.82, 2.24) is 14.7 Å². The Labute approximate surface area is 166 Å². The van der Waals surface area contributed by atoms with E-state index in [-0.39, 0.29) is 17.7 Å². The zero-order chi connectivity index (χ0) is 20.1. The highest BCUT2D eigenvalue weighted by Crippen LogP contribution is 2.45. The van der Waals surface area contributed by atoms with Crippen molar-refractivity contribution in [2.24, 2.45) is 0 Å². The van der Waals surface area contributed by atoms with E-state index >= 15 is 0 Å². The van der Waals surface area contributed by atoms with Gasteiger partial charge < -0.3 is 14.7 Å². The average molecular weight is 389 g/mol. The molecule has 5 rings (SSSR count). The van der Waals surface area contributed by atoms with Gasteiger partial charge in [-0.15, -0.1) is 0 Å². The van der Waals surface area contributed by atoms with Crippen molar-refractivity contribution in [1.29, 1.82) is 0 Å². The number of hydrogen-bond acceptors (Lipinski definition) is 5. The van der Waals surface area contributed by atoms with Crippen LogP contribution in [-0.4, -0.2) is 39.3 Å². The van der Waals surface area contributed by atoms with Gasteiger partial charge in [-0.05, 0) is 17.2 Å². The molecule has 29 heavy (non-hydrogen) atoms. The first kappa shape index (κ1) is 17.5. The number of aromatic nitrogens is 2. The van der Waals surface area contributed by atoms with Gasteiger partial charge in [0.25, 0.3) is 5.91 Å². The van der Waals surface area contributed by atoms with E-state index in [0.717, 1.165) is 28.6 Å². The lowest BCUT2D eigenvalue weighted by atomic mass is 9.82. The summed E-state index contributed by atoms with van der Waals surface area (Å²) in [6.45, 7) is 0.829. The second-order valence-electron chi connectivity index (χ2n) is 7.41. The van der Waals surface area contributed by atoms with E-state index in [2.05, 4.69) is 11.2 Å². The fourth-order valence-electron chi connectivity index (χ4n) is 4.35. The highest BCUT2D eigenvalue weighted by atomic mass is 16.5. The molecule has 0 aliphatic carbocycles. The molecule has 0 spiro atoms. The maximum Gasteiger partial charge on any atom is 0.275 e.